The Labute approximate surface area is 205 Å². The molecule has 0 radical (unpaired) electrons. The van der Waals surface area contributed by atoms with E-state index in [1.165, 1.54) is 22.3 Å². The van der Waals surface area contributed by atoms with Gasteiger partial charge in [-0.15, -0.1) is 0 Å². The Bertz CT molecular complexity index is 1390. The van der Waals surface area contributed by atoms with Crippen molar-refractivity contribution in [3.63, 3.8) is 0 Å². The van der Waals surface area contributed by atoms with E-state index in [1.807, 2.05) is 36.4 Å². The molecule has 0 unspecified atom stereocenters. The summed E-state index contributed by atoms with van der Waals surface area (Å²) in [6.45, 7) is 1.18. The van der Waals surface area contributed by atoms with Crippen molar-refractivity contribution in [1.82, 2.24) is 0 Å². The molecule has 0 atom stereocenters. The first kappa shape index (κ1) is 20.7. The molecule has 1 saturated heterocycles. The van der Waals surface area contributed by atoms with Gasteiger partial charge in [0.2, 0.25) is 0 Å². The summed E-state index contributed by atoms with van der Waals surface area (Å²) in [5, 5.41) is 10.9. The first-order chi connectivity index (χ1) is 17.1. The predicted octanol–water partition coefficient (Wildman–Crippen LogP) is 6.65. The molecule has 4 aromatic rings. The van der Waals surface area contributed by atoms with Crippen LogP contribution in [0.3, 0.4) is 0 Å². The molecule has 1 aliphatic heterocycles. The van der Waals surface area contributed by atoms with Crippen molar-refractivity contribution in [1.29, 1.82) is 0 Å². The highest BCUT2D eigenvalue weighted by Crippen LogP contribution is 2.58. The fourth-order valence-corrected chi connectivity index (χ4v) is 6.98. The fourth-order valence-electron chi connectivity index (χ4n) is 6.98. The fraction of sp³-hybridized carbons (Fsp3) is 0.219. The van der Waals surface area contributed by atoms with E-state index in [2.05, 4.69) is 60.7 Å². The van der Waals surface area contributed by atoms with E-state index in [1.54, 1.807) is 0 Å². The van der Waals surface area contributed by atoms with Gasteiger partial charge in [0, 0.05) is 11.3 Å². The summed E-state index contributed by atoms with van der Waals surface area (Å²) >= 11 is 0. The monoisotopic (exact) mass is 458 g/mol. The van der Waals surface area contributed by atoms with Crippen LogP contribution in [0.1, 0.15) is 41.0 Å². The molecular formula is C32H26O3. The van der Waals surface area contributed by atoms with Crippen LogP contribution in [0.15, 0.2) is 97.1 Å². The molecule has 7 rings (SSSR count). The molecule has 2 aliphatic carbocycles. The summed E-state index contributed by atoms with van der Waals surface area (Å²) < 4.78 is 5.84. The minimum Gasteiger partial charge on any atom is -0.480 e. The summed E-state index contributed by atoms with van der Waals surface area (Å²) in [7, 11) is 0. The molecule has 4 aromatic carbocycles. The number of hydrogen-bond donors (Lipinski definition) is 1. The lowest BCUT2D eigenvalue weighted by atomic mass is 9.62. The first-order valence-electron chi connectivity index (χ1n) is 12.3. The van der Waals surface area contributed by atoms with Crippen LogP contribution in [-0.4, -0.2) is 24.3 Å². The SMILES string of the molecule is O=C(O)C1(CC2(CC3c4ccccc4-c4ccccc43)COC2)c2ccccc2-c2ccccc21. The zero-order valence-corrected chi connectivity index (χ0v) is 19.4. The van der Waals surface area contributed by atoms with Crippen molar-refractivity contribution in [2.24, 2.45) is 5.41 Å². The number of benzene rings is 4. The Balaban J connectivity index is 1.35. The van der Waals surface area contributed by atoms with Crippen molar-refractivity contribution in [3.8, 4) is 22.3 Å². The lowest BCUT2D eigenvalue weighted by Crippen LogP contribution is -2.51. The van der Waals surface area contributed by atoms with Crippen LogP contribution in [0.2, 0.25) is 0 Å². The zero-order chi connectivity index (χ0) is 23.6. The lowest BCUT2D eigenvalue weighted by molar-refractivity contribution is -0.154. The first-order valence-corrected chi connectivity index (χ1v) is 12.3. The van der Waals surface area contributed by atoms with Gasteiger partial charge in [-0.05, 0) is 57.3 Å². The van der Waals surface area contributed by atoms with E-state index >= 15 is 0 Å². The number of rotatable bonds is 5. The van der Waals surface area contributed by atoms with Crippen molar-refractivity contribution in [2.45, 2.75) is 24.2 Å². The average molecular weight is 459 g/mol. The van der Waals surface area contributed by atoms with Crippen LogP contribution in [0.5, 0.6) is 0 Å². The molecule has 3 heteroatoms. The zero-order valence-electron chi connectivity index (χ0n) is 19.4. The van der Waals surface area contributed by atoms with Gasteiger partial charge >= 0.3 is 5.97 Å². The molecule has 0 spiro atoms. The normalized spacial score (nSPS) is 18.2. The van der Waals surface area contributed by atoms with E-state index in [4.69, 9.17) is 4.74 Å². The summed E-state index contributed by atoms with van der Waals surface area (Å²) in [6, 6.07) is 33.4. The van der Waals surface area contributed by atoms with Crippen LogP contribution in [-0.2, 0) is 14.9 Å². The second-order valence-electron chi connectivity index (χ2n) is 10.4. The van der Waals surface area contributed by atoms with Gasteiger partial charge in [-0.2, -0.15) is 0 Å². The van der Waals surface area contributed by atoms with Crippen LogP contribution in [0, 0.1) is 5.41 Å². The van der Waals surface area contributed by atoms with Crippen molar-refractivity contribution in [2.75, 3.05) is 13.2 Å². The van der Waals surface area contributed by atoms with Crippen LogP contribution < -0.4 is 0 Å². The van der Waals surface area contributed by atoms with Gasteiger partial charge in [-0.1, -0.05) is 97.1 Å². The Hall–Kier alpha value is -3.69. The number of carboxylic acids is 1. The molecule has 1 heterocycles. The number of fused-ring (bicyclic) bond motifs is 6. The van der Waals surface area contributed by atoms with Gasteiger partial charge in [-0.25, -0.2) is 0 Å². The van der Waals surface area contributed by atoms with E-state index in [-0.39, 0.29) is 11.3 Å². The van der Waals surface area contributed by atoms with Gasteiger partial charge in [0.1, 0.15) is 5.41 Å². The summed E-state index contributed by atoms with van der Waals surface area (Å²) in [5.74, 6) is -0.530. The van der Waals surface area contributed by atoms with Crippen LogP contribution >= 0.6 is 0 Å². The third-order valence-corrected chi connectivity index (χ3v) is 8.49. The highest BCUT2D eigenvalue weighted by Gasteiger charge is 2.56. The van der Waals surface area contributed by atoms with Crippen LogP contribution in [0.4, 0.5) is 0 Å². The molecule has 172 valence electrons. The number of carbonyl (C=O) groups is 1. The average Bonchev–Trinajstić information content (AvgIpc) is 3.34. The van der Waals surface area contributed by atoms with Crippen LogP contribution in [0.25, 0.3) is 22.3 Å². The molecule has 1 N–H and O–H groups in total. The van der Waals surface area contributed by atoms with Gasteiger partial charge in [0.15, 0.2) is 0 Å². The van der Waals surface area contributed by atoms with E-state index in [0.29, 0.717) is 19.6 Å². The predicted molar refractivity (Wildman–Crippen MR) is 137 cm³/mol. The van der Waals surface area contributed by atoms with E-state index < -0.39 is 11.4 Å². The minimum absolute atomic E-state index is 0.224. The van der Waals surface area contributed by atoms with Gasteiger partial charge in [-0.3, -0.25) is 4.79 Å². The highest BCUT2D eigenvalue weighted by atomic mass is 16.5. The molecule has 0 amide bonds. The molecule has 0 bridgehead atoms. The van der Waals surface area contributed by atoms with Gasteiger partial charge < -0.3 is 9.84 Å². The number of carboxylic acid groups (broad SMARTS) is 1. The maximum Gasteiger partial charge on any atom is 0.318 e. The molecule has 0 aromatic heterocycles. The number of hydrogen-bond acceptors (Lipinski definition) is 2. The topological polar surface area (TPSA) is 46.5 Å². The van der Waals surface area contributed by atoms with Crippen molar-refractivity contribution in [3.05, 3.63) is 119 Å². The second kappa shape index (κ2) is 7.40. The highest BCUT2D eigenvalue weighted by molar-refractivity contribution is 5.97. The van der Waals surface area contributed by atoms with Crippen molar-refractivity contribution < 1.29 is 14.6 Å². The molecule has 35 heavy (non-hydrogen) atoms. The van der Waals surface area contributed by atoms with E-state index in [9.17, 15) is 9.90 Å². The van der Waals surface area contributed by atoms with Crippen molar-refractivity contribution >= 4 is 5.97 Å². The van der Waals surface area contributed by atoms with E-state index in [0.717, 1.165) is 28.7 Å². The lowest BCUT2D eigenvalue weighted by Gasteiger charge is -2.47. The Kier molecular flexibility index (Phi) is 4.37. The molecule has 1 fully saturated rings. The summed E-state index contributed by atoms with van der Waals surface area (Å²) in [6.07, 6.45) is 1.41. The molecular weight excluding hydrogens is 432 g/mol. The maximum atomic E-state index is 13.3. The number of ether oxygens (including phenoxy) is 1. The van der Waals surface area contributed by atoms with Gasteiger partial charge in [0.05, 0.1) is 13.2 Å². The molecule has 3 nitrogen and oxygen atoms in total. The Morgan fingerprint density at radius 2 is 1.17 bits per heavy atom. The third kappa shape index (κ3) is 2.79. The Morgan fingerprint density at radius 1 is 0.714 bits per heavy atom. The third-order valence-electron chi connectivity index (χ3n) is 8.49. The largest absolute Gasteiger partial charge is 0.480 e. The summed E-state index contributed by atoms with van der Waals surface area (Å²) in [5.41, 5.74) is 7.88. The quantitative estimate of drug-likeness (QED) is 0.364. The minimum atomic E-state index is -1.07. The molecule has 3 aliphatic rings. The summed E-state index contributed by atoms with van der Waals surface area (Å²) in [4.78, 5) is 13.3. The second-order valence-corrected chi connectivity index (χ2v) is 10.4. The maximum absolute atomic E-state index is 13.3. The Morgan fingerprint density at radius 3 is 1.63 bits per heavy atom. The molecule has 0 saturated carbocycles. The number of aliphatic carboxylic acids is 1. The van der Waals surface area contributed by atoms with Gasteiger partial charge in [0.25, 0.3) is 0 Å². The smallest absolute Gasteiger partial charge is 0.318 e. The standard InChI is InChI=1S/C32H26O3/c33-30(34)32(28-15-7-5-13-25(28)26-14-6-8-16-29(26)32)18-31(19-35-20-31)17-27-23-11-3-1-9-21(23)22-10-2-4-12-24(22)27/h1-16,27H,17-20H2,(H,33,34).